The van der Waals surface area contributed by atoms with E-state index in [0.717, 1.165) is 66.2 Å². The number of aryl methyl sites for hydroxylation is 2. The lowest BCUT2D eigenvalue weighted by atomic mass is 10.0. The fourth-order valence-electron chi connectivity index (χ4n) is 3.91. The molecule has 0 amide bonds. The Bertz CT molecular complexity index is 1220. The number of para-hydroxylation sites is 2. The SMILES string of the molecule is CC(C)Oc1nc2ccccc2nc1-c1cccc(CCCCCCc2nnc(C(C)C)o2)c1. The normalized spacial score (nSPS) is 11.6. The molecule has 178 valence electrons. The molecule has 2 aromatic heterocycles. The van der Waals surface area contributed by atoms with Crippen LogP contribution in [0.3, 0.4) is 0 Å². The molecule has 34 heavy (non-hydrogen) atoms. The van der Waals surface area contributed by atoms with Crippen LogP contribution in [-0.4, -0.2) is 26.3 Å². The van der Waals surface area contributed by atoms with Gasteiger partial charge in [-0.25, -0.2) is 9.97 Å². The molecule has 0 unspecified atom stereocenters. The average Bonchev–Trinajstić information content (AvgIpc) is 3.30. The summed E-state index contributed by atoms with van der Waals surface area (Å²) in [4.78, 5) is 9.65. The largest absolute Gasteiger partial charge is 0.473 e. The van der Waals surface area contributed by atoms with Crippen molar-refractivity contribution in [1.29, 1.82) is 0 Å². The van der Waals surface area contributed by atoms with Crippen molar-refractivity contribution >= 4 is 11.0 Å². The molecule has 0 aliphatic heterocycles. The van der Waals surface area contributed by atoms with Gasteiger partial charge < -0.3 is 9.15 Å². The van der Waals surface area contributed by atoms with Crippen LogP contribution < -0.4 is 4.74 Å². The molecule has 6 nitrogen and oxygen atoms in total. The van der Waals surface area contributed by atoms with Gasteiger partial charge in [0.1, 0.15) is 5.69 Å². The number of fused-ring (bicyclic) bond motifs is 1. The summed E-state index contributed by atoms with van der Waals surface area (Å²) in [5.74, 6) is 2.36. The molecule has 0 saturated carbocycles. The predicted molar refractivity (Wildman–Crippen MR) is 135 cm³/mol. The van der Waals surface area contributed by atoms with Crippen LogP contribution in [0.2, 0.25) is 0 Å². The zero-order valence-corrected chi connectivity index (χ0v) is 20.6. The molecule has 2 aromatic carbocycles. The summed E-state index contributed by atoms with van der Waals surface area (Å²) in [6.07, 6.45) is 6.46. The highest BCUT2D eigenvalue weighted by atomic mass is 16.5. The van der Waals surface area contributed by atoms with Gasteiger partial charge in [-0.05, 0) is 56.9 Å². The Kier molecular flexibility index (Phi) is 7.88. The first kappa shape index (κ1) is 23.9. The Balaban J connectivity index is 1.36. The third kappa shape index (κ3) is 6.19. The molecule has 0 aliphatic carbocycles. The molecule has 0 spiro atoms. The number of unbranched alkanes of at least 4 members (excludes halogenated alkanes) is 3. The van der Waals surface area contributed by atoms with E-state index < -0.39 is 0 Å². The number of benzene rings is 2. The van der Waals surface area contributed by atoms with Crippen LogP contribution in [0.5, 0.6) is 5.88 Å². The van der Waals surface area contributed by atoms with Gasteiger partial charge in [0.25, 0.3) is 0 Å². The molecule has 4 aromatic rings. The van der Waals surface area contributed by atoms with E-state index in [1.54, 1.807) is 0 Å². The lowest BCUT2D eigenvalue weighted by Crippen LogP contribution is -2.09. The number of ether oxygens (including phenoxy) is 1. The van der Waals surface area contributed by atoms with Gasteiger partial charge in [-0.2, -0.15) is 0 Å². The third-order valence-corrected chi connectivity index (χ3v) is 5.67. The first-order valence-electron chi connectivity index (χ1n) is 12.3. The fourth-order valence-corrected chi connectivity index (χ4v) is 3.91. The van der Waals surface area contributed by atoms with E-state index >= 15 is 0 Å². The van der Waals surface area contributed by atoms with Crippen molar-refractivity contribution in [2.24, 2.45) is 0 Å². The molecule has 0 radical (unpaired) electrons. The average molecular weight is 459 g/mol. The van der Waals surface area contributed by atoms with Gasteiger partial charge >= 0.3 is 0 Å². The van der Waals surface area contributed by atoms with E-state index in [4.69, 9.17) is 19.1 Å². The minimum atomic E-state index is 0.0292. The van der Waals surface area contributed by atoms with E-state index in [0.29, 0.717) is 5.88 Å². The van der Waals surface area contributed by atoms with Crippen LogP contribution in [0.1, 0.15) is 76.6 Å². The molecule has 4 rings (SSSR count). The summed E-state index contributed by atoms with van der Waals surface area (Å²) < 4.78 is 11.7. The van der Waals surface area contributed by atoms with Gasteiger partial charge in [-0.15, -0.1) is 10.2 Å². The van der Waals surface area contributed by atoms with Crippen LogP contribution in [0.15, 0.2) is 52.9 Å². The minimum absolute atomic E-state index is 0.0292. The molecule has 0 fully saturated rings. The molecule has 0 bridgehead atoms. The molecule has 0 aliphatic rings. The van der Waals surface area contributed by atoms with Crippen LogP contribution in [0, 0.1) is 0 Å². The van der Waals surface area contributed by atoms with Gasteiger partial charge in [0.15, 0.2) is 0 Å². The number of hydrogen-bond acceptors (Lipinski definition) is 6. The van der Waals surface area contributed by atoms with E-state index in [9.17, 15) is 0 Å². The summed E-state index contributed by atoms with van der Waals surface area (Å²) >= 11 is 0. The smallest absolute Gasteiger partial charge is 0.241 e. The van der Waals surface area contributed by atoms with Crippen molar-refractivity contribution in [3.8, 4) is 17.1 Å². The topological polar surface area (TPSA) is 73.9 Å². The summed E-state index contributed by atoms with van der Waals surface area (Å²) in [5, 5.41) is 8.25. The summed E-state index contributed by atoms with van der Waals surface area (Å²) in [5.41, 5.74) is 4.87. The maximum atomic E-state index is 6.03. The highest BCUT2D eigenvalue weighted by molar-refractivity contribution is 5.79. The molecular weight excluding hydrogens is 424 g/mol. The van der Waals surface area contributed by atoms with E-state index in [1.807, 2.05) is 38.1 Å². The lowest BCUT2D eigenvalue weighted by Gasteiger charge is -2.14. The second-order valence-corrected chi connectivity index (χ2v) is 9.34. The summed E-state index contributed by atoms with van der Waals surface area (Å²) in [6.45, 7) is 8.16. The number of nitrogens with zero attached hydrogens (tertiary/aromatic N) is 4. The monoisotopic (exact) mass is 458 g/mol. The fraction of sp³-hybridized carbons (Fsp3) is 0.429. The summed E-state index contributed by atoms with van der Waals surface area (Å²) in [7, 11) is 0. The third-order valence-electron chi connectivity index (χ3n) is 5.67. The van der Waals surface area contributed by atoms with E-state index in [2.05, 4.69) is 48.3 Å². The maximum absolute atomic E-state index is 6.03. The van der Waals surface area contributed by atoms with Crippen molar-refractivity contribution in [3.63, 3.8) is 0 Å². The van der Waals surface area contributed by atoms with Crippen LogP contribution in [0.25, 0.3) is 22.3 Å². The van der Waals surface area contributed by atoms with Crippen LogP contribution in [-0.2, 0) is 12.8 Å². The first-order valence-corrected chi connectivity index (χ1v) is 12.3. The predicted octanol–water partition coefficient (Wildman–Crippen LogP) is 6.94. The van der Waals surface area contributed by atoms with Crippen molar-refractivity contribution < 1.29 is 9.15 Å². The van der Waals surface area contributed by atoms with Gasteiger partial charge in [0.05, 0.1) is 17.1 Å². The standard InChI is InChI=1S/C28H34N4O2/c1-19(2)27-32-31-25(34-27)17-8-6-5-7-12-21-13-11-14-22(18-21)26-28(33-20(3)4)30-24-16-10-9-15-23(24)29-26/h9-11,13-16,18-20H,5-8,12,17H2,1-4H3. The number of hydrogen-bond donors (Lipinski definition) is 0. The number of aromatic nitrogens is 4. The van der Waals surface area contributed by atoms with Crippen molar-refractivity contribution in [3.05, 3.63) is 65.9 Å². The molecule has 6 heteroatoms. The molecule has 0 N–H and O–H groups in total. The molecule has 0 saturated heterocycles. The molecule has 0 atom stereocenters. The van der Waals surface area contributed by atoms with Crippen molar-refractivity contribution in [1.82, 2.24) is 20.2 Å². The highest BCUT2D eigenvalue weighted by Crippen LogP contribution is 2.30. The maximum Gasteiger partial charge on any atom is 0.241 e. The van der Waals surface area contributed by atoms with Gasteiger partial charge in [0.2, 0.25) is 17.7 Å². The quantitative estimate of drug-likeness (QED) is 0.227. The van der Waals surface area contributed by atoms with Gasteiger partial charge in [-0.1, -0.05) is 57.0 Å². The second kappa shape index (κ2) is 11.2. The molecule has 2 heterocycles. The van der Waals surface area contributed by atoms with Gasteiger partial charge in [0, 0.05) is 17.9 Å². The lowest BCUT2D eigenvalue weighted by molar-refractivity contribution is 0.234. The Morgan fingerprint density at radius 3 is 2.24 bits per heavy atom. The van der Waals surface area contributed by atoms with Crippen molar-refractivity contribution in [2.75, 3.05) is 0 Å². The highest BCUT2D eigenvalue weighted by Gasteiger charge is 2.14. The Labute approximate surface area is 201 Å². The van der Waals surface area contributed by atoms with Crippen LogP contribution in [0.4, 0.5) is 0 Å². The zero-order chi connectivity index (χ0) is 23.9. The van der Waals surface area contributed by atoms with Gasteiger partial charge in [-0.3, -0.25) is 0 Å². The second-order valence-electron chi connectivity index (χ2n) is 9.34. The van der Waals surface area contributed by atoms with Crippen molar-refractivity contribution in [2.45, 2.75) is 78.2 Å². The van der Waals surface area contributed by atoms with Crippen LogP contribution >= 0.6 is 0 Å². The Hall–Kier alpha value is -3.28. The van der Waals surface area contributed by atoms with E-state index in [-0.39, 0.29) is 12.0 Å². The Morgan fingerprint density at radius 1 is 0.794 bits per heavy atom. The summed E-state index contributed by atoms with van der Waals surface area (Å²) in [6, 6.07) is 16.5. The zero-order valence-electron chi connectivity index (χ0n) is 20.6. The van der Waals surface area contributed by atoms with E-state index in [1.165, 1.54) is 12.0 Å². The number of rotatable bonds is 11. The minimum Gasteiger partial charge on any atom is -0.473 e. The molecular formula is C28H34N4O2. The Morgan fingerprint density at radius 2 is 1.53 bits per heavy atom. The first-order chi connectivity index (χ1) is 16.5.